The second-order valence-corrected chi connectivity index (χ2v) is 13.6. The molecule has 4 N–H and O–H groups in total. The van der Waals surface area contributed by atoms with Crippen LogP contribution in [0.25, 0.3) is 12.2 Å². The minimum Gasteiger partial charge on any atom is -0.497 e. The number of carbonyl (C=O) groups excluding carboxylic acids is 3. The molecule has 2 heterocycles. The minimum absolute atomic E-state index is 0.0759. The van der Waals surface area contributed by atoms with Gasteiger partial charge in [-0.3, -0.25) is 14.4 Å². The zero-order chi connectivity index (χ0) is 39.2. The van der Waals surface area contributed by atoms with Gasteiger partial charge >= 0.3 is 6.18 Å². The van der Waals surface area contributed by atoms with E-state index in [1.165, 1.54) is 49.8 Å². The predicted molar refractivity (Wildman–Crippen MR) is 203 cm³/mol. The van der Waals surface area contributed by atoms with Gasteiger partial charge in [0.25, 0.3) is 5.91 Å². The van der Waals surface area contributed by atoms with E-state index in [1.807, 2.05) is 19.1 Å². The third-order valence-corrected chi connectivity index (χ3v) is 9.42. The Kier molecular flexibility index (Phi) is 12.1. The molecule has 16 heteroatoms. The van der Waals surface area contributed by atoms with E-state index in [0.29, 0.717) is 67.0 Å². The molecule has 284 valence electrons. The molecule has 2 unspecified atom stereocenters. The van der Waals surface area contributed by atoms with Gasteiger partial charge in [0, 0.05) is 61.3 Å². The maximum atomic E-state index is 14.3. The summed E-state index contributed by atoms with van der Waals surface area (Å²) in [5.74, 6) is -0.860. The van der Waals surface area contributed by atoms with Crippen LogP contribution in [0.4, 0.5) is 36.1 Å². The number of nitrogens with two attached hydrogens (primary N) is 1. The first kappa shape index (κ1) is 39.5. The molecule has 1 fully saturated rings. The molecule has 2 aliphatic rings. The van der Waals surface area contributed by atoms with Crippen molar-refractivity contribution < 1.29 is 32.3 Å². The van der Waals surface area contributed by atoms with E-state index in [0.717, 1.165) is 5.22 Å². The molecule has 1 aliphatic carbocycles. The topological polar surface area (TPSA) is 155 Å². The smallest absolute Gasteiger partial charge is 0.434 e. The van der Waals surface area contributed by atoms with Gasteiger partial charge in [0.1, 0.15) is 17.9 Å². The summed E-state index contributed by atoms with van der Waals surface area (Å²) >= 11 is 7.19. The molecule has 3 amide bonds. The lowest BCUT2D eigenvalue weighted by atomic mass is 9.83. The summed E-state index contributed by atoms with van der Waals surface area (Å²) in [6.07, 6.45) is 2.56. The van der Waals surface area contributed by atoms with E-state index in [1.54, 1.807) is 24.0 Å². The summed E-state index contributed by atoms with van der Waals surface area (Å²) in [6, 6.07) is 10.2. The van der Waals surface area contributed by atoms with Crippen molar-refractivity contribution in [2.45, 2.75) is 37.7 Å². The Labute approximate surface area is 314 Å². The summed E-state index contributed by atoms with van der Waals surface area (Å²) in [6.45, 7) is 9.21. The van der Waals surface area contributed by atoms with Gasteiger partial charge < -0.3 is 30.9 Å². The Bertz CT molecular complexity index is 2110. The molecule has 54 heavy (non-hydrogen) atoms. The number of rotatable bonds is 11. The standard InChI is InChI=1S/C38H40ClF3N8O4/c1-5-32(51)46-26-16-23(17-27(19-26)48-36(53)30(21-43)34(38(40,41)42)47-25-7-9-28(54-4)10-8-25)15-24-18-31-29(20-37(24,3)39)35(45-22-44-31)50-13-11-49(12-14-50)33(52)6-2/h6-10,16-22,24H,2,5,11-15,43H2,1,3-4H3,(H,46,51)(H,48,53). The highest BCUT2D eigenvalue weighted by Gasteiger charge is 2.41. The van der Waals surface area contributed by atoms with Crippen LogP contribution in [0.1, 0.15) is 25.8 Å². The molecular formula is C38H40ClF3N8O4. The van der Waals surface area contributed by atoms with Crippen LogP contribution in [-0.2, 0) is 20.8 Å². The van der Waals surface area contributed by atoms with Gasteiger partial charge in [0.2, 0.25) is 11.8 Å². The number of piperazine rings is 1. The number of fused-ring (bicyclic) bond motifs is 1. The first-order valence-electron chi connectivity index (χ1n) is 17.0. The molecule has 3 aromatic rings. The Morgan fingerprint density at radius 2 is 1.76 bits per heavy atom. The third-order valence-electron chi connectivity index (χ3n) is 9.03. The van der Waals surface area contributed by atoms with Gasteiger partial charge in [-0.25, -0.2) is 15.0 Å². The highest BCUT2D eigenvalue weighted by Crippen LogP contribution is 2.35. The van der Waals surface area contributed by atoms with Crippen LogP contribution in [0.15, 0.2) is 78.2 Å². The van der Waals surface area contributed by atoms with Crippen LogP contribution >= 0.6 is 11.6 Å². The number of nitrogens with one attached hydrogen (secondary N) is 2. The lowest BCUT2D eigenvalue weighted by molar-refractivity contribution is -0.126. The number of benzene rings is 2. The molecule has 1 aromatic heterocycles. The Morgan fingerprint density at radius 3 is 2.35 bits per heavy atom. The number of carbonyl (C=O) groups is 3. The molecule has 12 nitrogen and oxygen atoms in total. The number of nitrogens with zero attached hydrogens (tertiary/aromatic N) is 5. The quantitative estimate of drug-likeness (QED) is 0.149. The summed E-state index contributed by atoms with van der Waals surface area (Å²) in [4.78, 5) is 53.6. The molecule has 0 saturated carbocycles. The average molecular weight is 765 g/mol. The number of ether oxygens (including phenoxy) is 1. The van der Waals surface area contributed by atoms with Crippen molar-refractivity contribution in [2.24, 2.45) is 16.6 Å². The molecule has 0 spiro atoms. The highest BCUT2D eigenvalue weighted by molar-refractivity contribution is 6.28. The predicted octanol–water partition coefficient (Wildman–Crippen LogP) is 4.22. The minimum atomic E-state index is -5.04. The number of aromatic nitrogens is 2. The first-order chi connectivity index (χ1) is 25.6. The van der Waals surface area contributed by atoms with Gasteiger partial charge in [-0.15, -0.1) is 11.6 Å². The normalized spacial score (nSPS) is 18.8. The number of hydrogen-bond acceptors (Lipinski definition) is 9. The summed E-state index contributed by atoms with van der Waals surface area (Å²) in [5, 5.41) is 6.68. The molecule has 2 atom stereocenters. The van der Waals surface area contributed by atoms with Crippen LogP contribution in [0, 0.1) is 5.92 Å². The van der Waals surface area contributed by atoms with E-state index in [9.17, 15) is 27.6 Å². The lowest BCUT2D eigenvalue weighted by Crippen LogP contribution is -2.52. The van der Waals surface area contributed by atoms with E-state index >= 15 is 0 Å². The van der Waals surface area contributed by atoms with E-state index < -0.39 is 28.2 Å². The third kappa shape index (κ3) is 9.26. The lowest BCUT2D eigenvalue weighted by Gasteiger charge is -2.36. The number of aliphatic imine (C=N–C) groups is 1. The van der Waals surface area contributed by atoms with Crippen LogP contribution < -0.4 is 36.6 Å². The van der Waals surface area contributed by atoms with Gasteiger partial charge in [0.05, 0.1) is 28.6 Å². The fraction of sp³-hybridized carbons (Fsp3) is 0.316. The van der Waals surface area contributed by atoms with Crippen molar-refractivity contribution in [1.82, 2.24) is 14.9 Å². The molecule has 1 aliphatic heterocycles. The van der Waals surface area contributed by atoms with Gasteiger partial charge in [-0.05, 0) is 67.4 Å². The zero-order valence-corrected chi connectivity index (χ0v) is 30.7. The number of alkyl halides is 4. The van der Waals surface area contributed by atoms with Crippen LogP contribution in [0.2, 0.25) is 0 Å². The summed E-state index contributed by atoms with van der Waals surface area (Å²) < 4.78 is 48.0. The van der Waals surface area contributed by atoms with Crippen molar-refractivity contribution >= 4 is 70.1 Å². The molecule has 0 bridgehead atoms. The second-order valence-electron chi connectivity index (χ2n) is 12.8. The zero-order valence-electron chi connectivity index (χ0n) is 29.9. The highest BCUT2D eigenvalue weighted by atomic mass is 35.5. The Balaban J connectivity index is 1.44. The number of anilines is 3. The number of halogens is 4. The number of amides is 3. The molecule has 5 rings (SSSR count). The Hall–Kier alpha value is -5.70. The van der Waals surface area contributed by atoms with Gasteiger partial charge in [-0.1, -0.05) is 25.7 Å². The van der Waals surface area contributed by atoms with Gasteiger partial charge in [0.15, 0.2) is 5.71 Å². The summed E-state index contributed by atoms with van der Waals surface area (Å²) in [7, 11) is 1.41. The van der Waals surface area contributed by atoms with Crippen molar-refractivity contribution in [3.8, 4) is 5.75 Å². The first-order valence-corrected chi connectivity index (χ1v) is 17.4. The number of methoxy groups -OCH3 is 1. The Morgan fingerprint density at radius 1 is 1.09 bits per heavy atom. The second kappa shape index (κ2) is 16.5. The van der Waals surface area contributed by atoms with Crippen LogP contribution in [0.3, 0.4) is 0 Å². The molecule has 1 saturated heterocycles. The monoisotopic (exact) mass is 764 g/mol. The van der Waals surface area contributed by atoms with Crippen molar-refractivity contribution in [3.63, 3.8) is 0 Å². The number of hydrogen-bond donors (Lipinski definition) is 3. The SMILES string of the molecule is C=CC(=O)N1CCN(c2ncnc3c2=CC(C)(Cl)C(Cc2cc(NC(=O)CC)cc(NC(=O)C(=CN)C(=Nc4ccc(OC)cc4)C(F)(F)F)c2)C=3)CC1. The van der Waals surface area contributed by atoms with Crippen molar-refractivity contribution in [1.29, 1.82) is 0 Å². The van der Waals surface area contributed by atoms with Crippen molar-refractivity contribution in [3.05, 3.63) is 89.4 Å². The van der Waals surface area contributed by atoms with Crippen molar-refractivity contribution in [2.75, 3.05) is 48.8 Å². The maximum absolute atomic E-state index is 14.3. The average Bonchev–Trinajstić information content (AvgIpc) is 3.14. The summed E-state index contributed by atoms with van der Waals surface area (Å²) in [5.41, 5.74) is 4.15. The van der Waals surface area contributed by atoms with E-state index in [4.69, 9.17) is 22.1 Å². The molecular weight excluding hydrogens is 725 g/mol. The van der Waals surface area contributed by atoms with Crippen LogP contribution in [0.5, 0.6) is 5.75 Å². The van der Waals surface area contributed by atoms with Crippen LogP contribution in [-0.4, -0.2) is 82.6 Å². The largest absolute Gasteiger partial charge is 0.497 e. The fourth-order valence-electron chi connectivity index (χ4n) is 6.17. The molecule has 2 aromatic carbocycles. The van der Waals surface area contributed by atoms with E-state index in [-0.39, 0.29) is 35.5 Å². The van der Waals surface area contributed by atoms with Gasteiger partial charge in [-0.2, -0.15) is 13.2 Å². The molecule has 0 radical (unpaired) electrons. The fourth-order valence-corrected chi connectivity index (χ4v) is 6.42. The maximum Gasteiger partial charge on any atom is 0.434 e. The van der Waals surface area contributed by atoms with E-state index in [2.05, 4.69) is 37.1 Å².